The number of hydrogen-bond acceptors (Lipinski definition) is 8. The lowest BCUT2D eigenvalue weighted by Gasteiger charge is -2.16. The van der Waals surface area contributed by atoms with Crippen LogP contribution in [0.4, 0.5) is 17.2 Å². The second kappa shape index (κ2) is 8.38. The molecule has 11 heteroatoms. The zero-order valence-corrected chi connectivity index (χ0v) is 16.3. The van der Waals surface area contributed by atoms with Gasteiger partial charge in [-0.25, -0.2) is 4.98 Å². The van der Waals surface area contributed by atoms with Crippen LogP contribution in [0.2, 0.25) is 0 Å². The van der Waals surface area contributed by atoms with E-state index in [2.05, 4.69) is 30.9 Å². The summed E-state index contributed by atoms with van der Waals surface area (Å²) in [4.78, 5) is 29.0. The van der Waals surface area contributed by atoms with E-state index in [-0.39, 0.29) is 46.2 Å². The third-order valence-electron chi connectivity index (χ3n) is 4.55. The molecule has 0 unspecified atom stereocenters. The molecule has 1 aliphatic carbocycles. The highest BCUT2D eigenvalue weighted by Gasteiger charge is 2.30. The number of carbonyl (C=O) groups excluding carboxylic acids is 2. The minimum atomic E-state index is -2.86. The number of aromatic nitrogens is 5. The molecule has 3 aromatic rings. The van der Waals surface area contributed by atoms with E-state index in [4.69, 9.17) is 13.0 Å². The lowest BCUT2D eigenvalue weighted by Crippen LogP contribution is -2.22. The van der Waals surface area contributed by atoms with Crippen molar-refractivity contribution in [3.63, 3.8) is 0 Å². The molecule has 0 aliphatic heterocycles. The molecule has 0 atom stereocenters. The fraction of sp³-hybridized carbons (Fsp3) is 0.300. The fourth-order valence-corrected chi connectivity index (χ4v) is 2.88. The molecular weight excluding hydrogens is 400 g/mol. The van der Waals surface area contributed by atoms with Crippen LogP contribution in [0.25, 0.3) is 11.4 Å². The zero-order chi connectivity index (χ0) is 27.0. The SMILES string of the molecule is [2H]C([2H])([2H])NC(=O)c1nnc(NC(=O)C2CC2)cc1Nc1cccc(-c2ncn(C)n2)c1OC([2H])([2H])[2H]. The van der Waals surface area contributed by atoms with Gasteiger partial charge in [-0.15, -0.1) is 10.2 Å². The Bertz CT molecular complexity index is 1340. The number of rotatable bonds is 7. The van der Waals surface area contributed by atoms with Crippen molar-refractivity contribution >= 4 is 29.0 Å². The van der Waals surface area contributed by atoms with Crippen LogP contribution in [0.15, 0.2) is 30.6 Å². The Morgan fingerprint density at radius 2 is 2.13 bits per heavy atom. The van der Waals surface area contributed by atoms with E-state index < -0.39 is 25.6 Å². The Morgan fingerprint density at radius 1 is 1.26 bits per heavy atom. The highest BCUT2D eigenvalue weighted by atomic mass is 16.5. The van der Waals surface area contributed by atoms with Gasteiger partial charge in [0, 0.05) is 30.1 Å². The molecule has 2 aromatic heterocycles. The number of aryl methyl sites for hydroxylation is 1. The number of amides is 2. The third kappa shape index (κ3) is 4.29. The Kier molecular flexibility index (Phi) is 3.80. The maximum absolute atomic E-state index is 12.7. The fourth-order valence-electron chi connectivity index (χ4n) is 2.88. The average Bonchev–Trinajstić information content (AvgIpc) is 3.54. The number of carbonyl (C=O) groups is 2. The van der Waals surface area contributed by atoms with Crippen LogP contribution < -0.4 is 20.7 Å². The summed E-state index contributed by atoms with van der Waals surface area (Å²) >= 11 is 0. The van der Waals surface area contributed by atoms with Gasteiger partial charge in [-0.3, -0.25) is 14.3 Å². The van der Waals surface area contributed by atoms with Crippen LogP contribution in [0.3, 0.4) is 0 Å². The Balaban J connectivity index is 1.78. The van der Waals surface area contributed by atoms with Crippen LogP contribution in [-0.4, -0.2) is 50.8 Å². The smallest absolute Gasteiger partial charge is 0.273 e. The second-order valence-corrected chi connectivity index (χ2v) is 6.86. The van der Waals surface area contributed by atoms with E-state index >= 15 is 0 Å². The van der Waals surface area contributed by atoms with E-state index in [1.165, 1.54) is 23.1 Å². The van der Waals surface area contributed by atoms with Crippen LogP contribution in [0.5, 0.6) is 5.75 Å². The molecule has 1 fully saturated rings. The van der Waals surface area contributed by atoms with Gasteiger partial charge in [-0.2, -0.15) is 5.10 Å². The van der Waals surface area contributed by atoms with E-state index in [1.807, 2.05) is 5.32 Å². The van der Waals surface area contributed by atoms with Gasteiger partial charge in [0.25, 0.3) is 5.91 Å². The maximum Gasteiger partial charge on any atom is 0.273 e. The zero-order valence-electron chi connectivity index (χ0n) is 22.3. The van der Waals surface area contributed by atoms with E-state index in [0.29, 0.717) is 0 Å². The largest absolute Gasteiger partial charge is 0.494 e. The van der Waals surface area contributed by atoms with Gasteiger partial charge in [-0.05, 0) is 25.0 Å². The number of ether oxygens (including phenoxy) is 1. The number of nitrogens with one attached hydrogen (secondary N) is 3. The van der Waals surface area contributed by atoms with Crippen molar-refractivity contribution in [1.82, 2.24) is 30.3 Å². The number of para-hydroxylation sites is 1. The lowest BCUT2D eigenvalue weighted by atomic mass is 10.1. The molecule has 11 nitrogen and oxygen atoms in total. The number of nitrogens with zero attached hydrogens (tertiary/aromatic N) is 5. The minimum Gasteiger partial charge on any atom is -0.494 e. The quantitative estimate of drug-likeness (QED) is 0.518. The first kappa shape index (κ1) is 14.1. The Morgan fingerprint density at radius 3 is 2.84 bits per heavy atom. The molecule has 0 radical (unpaired) electrons. The molecular formula is C20H22N8O3. The summed E-state index contributed by atoms with van der Waals surface area (Å²) in [6.45, 7) is -2.81. The first-order valence-electron chi connectivity index (χ1n) is 12.3. The summed E-state index contributed by atoms with van der Waals surface area (Å²) in [6.07, 6.45) is 2.91. The van der Waals surface area contributed by atoms with Crippen LogP contribution in [0, 0.1) is 5.92 Å². The van der Waals surface area contributed by atoms with Crippen molar-refractivity contribution in [1.29, 1.82) is 0 Å². The number of anilines is 3. The molecule has 160 valence electrons. The van der Waals surface area contributed by atoms with Gasteiger partial charge < -0.3 is 20.7 Å². The van der Waals surface area contributed by atoms with Gasteiger partial charge in [0.1, 0.15) is 6.33 Å². The number of methoxy groups -OCH3 is 1. The highest BCUT2D eigenvalue weighted by molar-refractivity contribution is 6.00. The summed E-state index contributed by atoms with van der Waals surface area (Å²) in [5.74, 6) is -1.46. The topological polar surface area (TPSA) is 136 Å². The molecule has 1 aliphatic rings. The van der Waals surface area contributed by atoms with Crippen LogP contribution >= 0.6 is 0 Å². The molecule has 3 N–H and O–H groups in total. The lowest BCUT2D eigenvalue weighted by molar-refractivity contribution is -0.117. The highest BCUT2D eigenvalue weighted by Crippen LogP contribution is 2.37. The predicted molar refractivity (Wildman–Crippen MR) is 113 cm³/mol. The van der Waals surface area contributed by atoms with Gasteiger partial charge >= 0.3 is 0 Å². The van der Waals surface area contributed by atoms with Gasteiger partial charge in [-0.1, -0.05) is 6.07 Å². The molecule has 0 spiro atoms. The molecule has 0 saturated heterocycles. The van der Waals surface area contributed by atoms with Gasteiger partial charge in [0.05, 0.1) is 28.1 Å². The molecule has 2 amide bonds. The summed E-state index contributed by atoms with van der Waals surface area (Å²) in [5, 5.41) is 19.1. The minimum absolute atomic E-state index is 0.00525. The molecule has 2 heterocycles. The van der Waals surface area contributed by atoms with Crippen molar-refractivity contribution < 1.29 is 22.6 Å². The molecule has 1 aromatic carbocycles. The molecule has 0 bridgehead atoms. The van der Waals surface area contributed by atoms with Gasteiger partial charge in [0.2, 0.25) is 5.91 Å². The van der Waals surface area contributed by atoms with Crippen LogP contribution in [-0.2, 0) is 11.8 Å². The summed E-state index contributed by atoms with van der Waals surface area (Å²) in [7, 11) is -1.22. The Labute approximate surface area is 186 Å². The normalized spacial score (nSPS) is 16.5. The van der Waals surface area contributed by atoms with Crippen molar-refractivity contribution in [3.05, 3.63) is 36.3 Å². The van der Waals surface area contributed by atoms with E-state index in [0.717, 1.165) is 12.8 Å². The maximum atomic E-state index is 12.7. The van der Waals surface area contributed by atoms with Crippen molar-refractivity contribution in [3.8, 4) is 17.1 Å². The Hall–Kier alpha value is -4.02. The third-order valence-corrected chi connectivity index (χ3v) is 4.55. The van der Waals surface area contributed by atoms with E-state index in [1.54, 1.807) is 19.2 Å². The van der Waals surface area contributed by atoms with Crippen molar-refractivity contribution in [2.24, 2.45) is 13.0 Å². The number of hydrogen-bond donors (Lipinski definition) is 3. The second-order valence-electron chi connectivity index (χ2n) is 6.86. The molecule has 4 rings (SSSR count). The summed E-state index contributed by atoms with van der Waals surface area (Å²) in [5.41, 5.74) is -0.165. The standard InChI is InChI=1S/C20H22N8O3/c1-21-20(30)16-14(9-15(25-26-16)24-19(29)11-7-8-11)23-13-6-4-5-12(17(13)31-3)18-22-10-28(2)27-18/h4-6,9-11H,7-8H2,1-3H3,(H,21,30)(H2,23,24,25,29)/i1D3,3D3. The first-order chi connectivity index (χ1) is 17.3. The molecule has 1 saturated carbocycles. The summed E-state index contributed by atoms with van der Waals surface area (Å²) in [6, 6.07) is 5.89. The first-order valence-corrected chi connectivity index (χ1v) is 9.25. The van der Waals surface area contributed by atoms with Gasteiger partial charge in [0.15, 0.2) is 23.1 Å². The summed E-state index contributed by atoms with van der Waals surface area (Å²) < 4.78 is 51.5. The monoisotopic (exact) mass is 428 g/mol. The predicted octanol–water partition coefficient (Wildman–Crippen LogP) is 1.73. The number of benzene rings is 1. The molecule has 31 heavy (non-hydrogen) atoms. The van der Waals surface area contributed by atoms with E-state index in [9.17, 15) is 9.59 Å². The van der Waals surface area contributed by atoms with Crippen molar-refractivity contribution in [2.45, 2.75) is 12.8 Å². The van der Waals surface area contributed by atoms with Crippen molar-refractivity contribution in [2.75, 3.05) is 24.6 Å². The average molecular weight is 428 g/mol. The van der Waals surface area contributed by atoms with Crippen LogP contribution in [0.1, 0.15) is 31.6 Å².